The van der Waals surface area contributed by atoms with E-state index in [9.17, 15) is 4.39 Å². The summed E-state index contributed by atoms with van der Waals surface area (Å²) in [4.78, 5) is 2.48. The molecular weight excluding hydrogens is 319 g/mol. The van der Waals surface area contributed by atoms with E-state index < -0.39 is 0 Å². The molecule has 1 heterocycles. The van der Waals surface area contributed by atoms with Gasteiger partial charge in [-0.1, -0.05) is 22.4 Å². The predicted molar refractivity (Wildman–Crippen MR) is 83.0 cm³/mol. The van der Waals surface area contributed by atoms with E-state index in [2.05, 4.69) is 20.8 Å². The van der Waals surface area contributed by atoms with Crippen molar-refractivity contribution in [2.45, 2.75) is 44.2 Å². The number of benzene rings is 1. The monoisotopic (exact) mass is 340 g/mol. The molecule has 1 saturated heterocycles. The van der Waals surface area contributed by atoms with Gasteiger partial charge in [-0.3, -0.25) is 4.90 Å². The second-order valence-corrected chi connectivity index (χ2v) is 6.97. The van der Waals surface area contributed by atoms with E-state index >= 15 is 0 Å². The van der Waals surface area contributed by atoms with Crippen molar-refractivity contribution in [1.29, 1.82) is 0 Å². The Morgan fingerprint density at radius 2 is 2.10 bits per heavy atom. The average molecular weight is 341 g/mol. The first-order valence-electron chi connectivity index (χ1n) is 7.61. The van der Waals surface area contributed by atoms with Crippen molar-refractivity contribution in [2.75, 3.05) is 13.1 Å². The van der Waals surface area contributed by atoms with Crippen LogP contribution >= 0.6 is 15.9 Å². The molecule has 3 rings (SSSR count). The van der Waals surface area contributed by atoms with E-state index in [-0.39, 0.29) is 11.9 Å². The van der Waals surface area contributed by atoms with E-state index in [1.807, 2.05) is 6.07 Å². The summed E-state index contributed by atoms with van der Waals surface area (Å²) < 4.78 is 15.1. The number of nitrogens with zero attached hydrogens (tertiary/aromatic N) is 1. The number of hydrogen-bond donors (Lipinski definition) is 1. The first kappa shape index (κ1) is 14.5. The summed E-state index contributed by atoms with van der Waals surface area (Å²) in [6.07, 6.45) is 6.44. The molecule has 110 valence electrons. The largest absolute Gasteiger partial charge is 0.329 e. The highest BCUT2D eigenvalue weighted by atomic mass is 79.9. The topological polar surface area (TPSA) is 29.3 Å². The van der Waals surface area contributed by atoms with Crippen LogP contribution in [0.1, 0.15) is 43.7 Å². The number of rotatable bonds is 3. The number of likely N-dealkylation sites (tertiary alicyclic amines) is 1. The number of piperidine rings is 1. The third-order valence-corrected chi connectivity index (χ3v) is 5.47. The van der Waals surface area contributed by atoms with Crippen LogP contribution in [-0.2, 0) is 0 Å². The molecule has 0 aromatic heterocycles. The highest BCUT2D eigenvalue weighted by molar-refractivity contribution is 9.10. The van der Waals surface area contributed by atoms with E-state index in [0.29, 0.717) is 12.6 Å². The van der Waals surface area contributed by atoms with Gasteiger partial charge in [0.15, 0.2) is 0 Å². The molecule has 3 unspecified atom stereocenters. The normalized spacial score (nSPS) is 28.4. The Kier molecular flexibility index (Phi) is 4.43. The second-order valence-electron chi connectivity index (χ2n) is 6.06. The van der Waals surface area contributed by atoms with Crippen molar-refractivity contribution in [2.24, 2.45) is 11.7 Å². The van der Waals surface area contributed by atoms with Gasteiger partial charge >= 0.3 is 0 Å². The summed E-state index contributed by atoms with van der Waals surface area (Å²) in [7, 11) is 0. The zero-order valence-corrected chi connectivity index (χ0v) is 13.3. The van der Waals surface area contributed by atoms with Crippen LogP contribution in [0.5, 0.6) is 0 Å². The van der Waals surface area contributed by atoms with E-state index in [1.165, 1.54) is 38.2 Å². The van der Waals surface area contributed by atoms with Gasteiger partial charge in [-0.25, -0.2) is 4.39 Å². The van der Waals surface area contributed by atoms with Gasteiger partial charge in [-0.05, 0) is 56.3 Å². The molecule has 1 aliphatic carbocycles. The summed E-state index contributed by atoms with van der Waals surface area (Å²) in [6.45, 7) is 1.53. The third kappa shape index (κ3) is 2.66. The van der Waals surface area contributed by atoms with Crippen molar-refractivity contribution in [3.8, 4) is 0 Å². The Hall–Kier alpha value is -0.450. The standard InChI is InChI=1S/C16H22BrFN2/c17-12-6-7-14(18)13(9-12)16(10-19)20-8-2-4-11-3-1-5-15(11)20/h6-7,9,11,15-16H,1-5,8,10,19H2. The van der Waals surface area contributed by atoms with Crippen molar-refractivity contribution in [3.63, 3.8) is 0 Å². The van der Waals surface area contributed by atoms with Gasteiger partial charge in [0.05, 0.1) is 6.04 Å². The minimum atomic E-state index is -0.135. The third-order valence-electron chi connectivity index (χ3n) is 4.98. The van der Waals surface area contributed by atoms with Gasteiger partial charge in [-0.2, -0.15) is 0 Å². The molecular formula is C16H22BrFN2. The number of halogens is 2. The molecule has 0 bridgehead atoms. The van der Waals surface area contributed by atoms with Crippen molar-refractivity contribution < 1.29 is 4.39 Å². The summed E-state index contributed by atoms with van der Waals surface area (Å²) >= 11 is 3.45. The molecule has 20 heavy (non-hydrogen) atoms. The molecule has 2 nitrogen and oxygen atoms in total. The molecule has 1 saturated carbocycles. The minimum absolute atomic E-state index is 0.0124. The summed E-state index contributed by atoms with van der Waals surface area (Å²) in [5.41, 5.74) is 6.76. The Balaban J connectivity index is 1.90. The zero-order valence-electron chi connectivity index (χ0n) is 11.7. The summed E-state index contributed by atoms with van der Waals surface area (Å²) in [6, 6.07) is 5.80. The van der Waals surface area contributed by atoms with Gasteiger partial charge in [0, 0.05) is 22.6 Å². The lowest BCUT2D eigenvalue weighted by molar-refractivity contribution is 0.0686. The van der Waals surface area contributed by atoms with Gasteiger partial charge in [0.2, 0.25) is 0 Å². The average Bonchev–Trinajstić information content (AvgIpc) is 2.92. The van der Waals surface area contributed by atoms with Gasteiger partial charge < -0.3 is 5.73 Å². The van der Waals surface area contributed by atoms with Crippen LogP contribution in [0.4, 0.5) is 4.39 Å². The molecule has 1 aromatic carbocycles. The summed E-state index contributed by atoms with van der Waals surface area (Å²) in [5.74, 6) is 0.664. The Labute approximate surface area is 128 Å². The molecule has 0 spiro atoms. The van der Waals surface area contributed by atoms with Crippen molar-refractivity contribution in [3.05, 3.63) is 34.1 Å². The van der Waals surface area contributed by atoms with Crippen LogP contribution in [0.3, 0.4) is 0 Å². The maximum Gasteiger partial charge on any atom is 0.128 e. The van der Waals surface area contributed by atoms with Crippen LogP contribution in [0, 0.1) is 11.7 Å². The smallest absolute Gasteiger partial charge is 0.128 e. The van der Waals surface area contributed by atoms with Gasteiger partial charge in [-0.15, -0.1) is 0 Å². The first-order chi connectivity index (χ1) is 9.70. The summed E-state index contributed by atoms with van der Waals surface area (Å²) in [5, 5.41) is 0. The molecule has 1 aromatic rings. The molecule has 4 heteroatoms. The van der Waals surface area contributed by atoms with Crippen LogP contribution in [0.15, 0.2) is 22.7 Å². The Morgan fingerprint density at radius 3 is 2.90 bits per heavy atom. The molecule has 1 aliphatic heterocycles. The van der Waals surface area contributed by atoms with Gasteiger partial charge in [0.25, 0.3) is 0 Å². The highest BCUT2D eigenvalue weighted by Crippen LogP contribution is 2.41. The van der Waals surface area contributed by atoms with Crippen molar-refractivity contribution >= 4 is 15.9 Å². The number of fused-ring (bicyclic) bond motifs is 1. The lowest BCUT2D eigenvalue weighted by Gasteiger charge is -2.42. The highest BCUT2D eigenvalue weighted by Gasteiger charge is 2.38. The van der Waals surface area contributed by atoms with Crippen LogP contribution < -0.4 is 5.73 Å². The number of nitrogens with two attached hydrogens (primary N) is 1. The SMILES string of the molecule is NCC(c1cc(Br)ccc1F)N1CCCC2CCCC21. The molecule has 2 aliphatic rings. The quantitative estimate of drug-likeness (QED) is 0.905. The fourth-order valence-corrected chi connectivity index (χ4v) is 4.47. The number of hydrogen-bond acceptors (Lipinski definition) is 2. The second kappa shape index (κ2) is 6.12. The van der Waals surface area contributed by atoms with Crippen LogP contribution in [0.2, 0.25) is 0 Å². The fourth-order valence-electron chi connectivity index (χ4n) is 4.09. The van der Waals surface area contributed by atoms with E-state index in [4.69, 9.17) is 5.73 Å². The van der Waals surface area contributed by atoms with Crippen LogP contribution in [-0.4, -0.2) is 24.0 Å². The lowest BCUT2D eigenvalue weighted by atomic mass is 9.89. The maximum atomic E-state index is 14.2. The Bertz CT molecular complexity index is 480. The molecule has 2 fully saturated rings. The molecule has 0 radical (unpaired) electrons. The maximum absolute atomic E-state index is 14.2. The van der Waals surface area contributed by atoms with Crippen LogP contribution in [0.25, 0.3) is 0 Å². The lowest BCUT2D eigenvalue weighted by Crippen LogP contribution is -2.47. The van der Waals surface area contributed by atoms with E-state index in [0.717, 1.165) is 22.5 Å². The Morgan fingerprint density at radius 1 is 1.30 bits per heavy atom. The van der Waals surface area contributed by atoms with Gasteiger partial charge in [0.1, 0.15) is 5.82 Å². The molecule has 3 atom stereocenters. The first-order valence-corrected chi connectivity index (χ1v) is 8.40. The van der Waals surface area contributed by atoms with E-state index in [1.54, 1.807) is 6.07 Å². The predicted octanol–water partition coefficient (Wildman–Crippen LogP) is 3.85. The molecule has 2 N–H and O–H groups in total. The fraction of sp³-hybridized carbons (Fsp3) is 0.625. The molecule has 0 amide bonds. The van der Waals surface area contributed by atoms with Crippen molar-refractivity contribution in [1.82, 2.24) is 4.90 Å². The minimum Gasteiger partial charge on any atom is -0.329 e. The zero-order chi connectivity index (χ0) is 14.1.